The van der Waals surface area contributed by atoms with Gasteiger partial charge in [0, 0.05) is 16.9 Å². The van der Waals surface area contributed by atoms with E-state index in [4.69, 9.17) is 21.1 Å². The lowest BCUT2D eigenvalue weighted by molar-refractivity contribution is -0.0925. The molecular weight excluding hydrogens is 608 g/mol. The number of carbonyl (C=O) groups excluding carboxylic acids is 2. The molecule has 2 aliphatic rings. The molecule has 1 N–H and O–H groups in total. The van der Waals surface area contributed by atoms with E-state index in [1.807, 2.05) is 0 Å². The quantitative estimate of drug-likeness (QED) is 0.270. The highest BCUT2D eigenvalue weighted by Crippen LogP contribution is 2.50. The van der Waals surface area contributed by atoms with Crippen molar-refractivity contribution in [3.8, 4) is 5.95 Å². The third-order valence-corrected chi connectivity index (χ3v) is 10.7. The third-order valence-electron chi connectivity index (χ3n) is 8.77. The van der Waals surface area contributed by atoms with Crippen LogP contribution in [0.25, 0.3) is 5.95 Å². The van der Waals surface area contributed by atoms with Gasteiger partial charge in [-0.1, -0.05) is 65.3 Å². The second kappa shape index (κ2) is 10.9. The van der Waals surface area contributed by atoms with Gasteiger partial charge in [-0.05, 0) is 54.7 Å². The number of benzene rings is 1. The largest absolute Gasteiger partial charge is 0.464 e. The molecule has 1 aliphatic heterocycles. The minimum Gasteiger partial charge on any atom is -0.464 e. The third kappa shape index (κ3) is 5.38. The van der Waals surface area contributed by atoms with E-state index in [1.54, 1.807) is 6.07 Å². The van der Waals surface area contributed by atoms with Crippen molar-refractivity contribution in [3.63, 3.8) is 0 Å². The molecule has 0 amide bonds. The number of halogens is 1. The van der Waals surface area contributed by atoms with Crippen LogP contribution in [0.15, 0.2) is 23.1 Å². The minimum atomic E-state index is -4.36. The van der Waals surface area contributed by atoms with Crippen LogP contribution in [0.2, 0.25) is 5.02 Å². The predicted molar refractivity (Wildman–Crippen MR) is 164 cm³/mol. The first-order chi connectivity index (χ1) is 20.4. The molecule has 1 aromatic carbocycles. The Morgan fingerprint density at radius 3 is 2.20 bits per heavy atom. The Kier molecular flexibility index (Phi) is 7.89. The van der Waals surface area contributed by atoms with Crippen LogP contribution in [0.5, 0.6) is 0 Å². The maximum Gasteiger partial charge on any atom is 0.361 e. The zero-order valence-electron chi connectivity index (χ0n) is 26.4. The number of carbonyl (C=O) groups is 2. The van der Waals surface area contributed by atoms with Gasteiger partial charge >= 0.3 is 11.9 Å². The van der Waals surface area contributed by atoms with Crippen molar-refractivity contribution in [3.05, 3.63) is 40.3 Å². The zero-order chi connectivity index (χ0) is 32.5. The van der Waals surface area contributed by atoms with Crippen molar-refractivity contribution < 1.29 is 27.5 Å². The molecule has 2 unspecified atom stereocenters. The second-order valence-corrected chi connectivity index (χ2v) is 16.2. The topological polar surface area (TPSA) is 147 Å². The first-order valence-corrected chi connectivity index (χ1v) is 16.3. The lowest BCUT2D eigenvalue weighted by Gasteiger charge is -2.50. The Balaban J connectivity index is 1.68. The van der Waals surface area contributed by atoms with Crippen molar-refractivity contribution in [2.45, 2.75) is 79.2 Å². The molecular formula is C30H39ClN6O6S. The number of hydrogen-bond acceptors (Lipinski definition) is 10. The van der Waals surface area contributed by atoms with Crippen molar-refractivity contribution in [2.75, 3.05) is 12.4 Å². The highest BCUT2D eigenvalue weighted by atomic mass is 35.5. The molecule has 1 saturated carbocycles. The van der Waals surface area contributed by atoms with Gasteiger partial charge in [0.25, 0.3) is 10.0 Å². The highest BCUT2D eigenvalue weighted by Gasteiger charge is 2.49. The van der Waals surface area contributed by atoms with Crippen LogP contribution in [0.4, 0.5) is 11.5 Å². The molecule has 2 atom stereocenters. The van der Waals surface area contributed by atoms with E-state index < -0.39 is 28.1 Å². The molecule has 1 fully saturated rings. The second-order valence-electron chi connectivity index (χ2n) is 14.0. The summed E-state index contributed by atoms with van der Waals surface area (Å²) in [6, 6.07) is 4.37. The summed E-state index contributed by atoms with van der Waals surface area (Å²) in [5.74, 6) is -1.37. The first kappa shape index (κ1) is 32.0. The Hall–Kier alpha value is -3.45. The van der Waals surface area contributed by atoms with Gasteiger partial charge in [-0.25, -0.2) is 23.0 Å². The van der Waals surface area contributed by atoms with E-state index >= 15 is 0 Å². The van der Waals surface area contributed by atoms with E-state index in [9.17, 15) is 18.0 Å². The number of ether oxygens (including phenoxy) is 2. The molecule has 1 aliphatic carbocycles. The van der Waals surface area contributed by atoms with Crippen molar-refractivity contribution >= 4 is 45.1 Å². The molecule has 0 saturated heterocycles. The molecule has 3 heterocycles. The fourth-order valence-electron chi connectivity index (χ4n) is 6.40. The average Bonchev–Trinajstić information content (AvgIpc) is 3.49. The predicted octanol–water partition coefficient (Wildman–Crippen LogP) is 5.79. The maximum absolute atomic E-state index is 14.2. The number of nitrogens with one attached hydrogen (secondary N) is 1. The van der Waals surface area contributed by atoms with Crippen molar-refractivity contribution in [1.82, 2.24) is 24.0 Å². The number of esters is 2. The number of fused-ring (bicyclic) bond motifs is 2. The normalized spacial score (nSPS) is 22.9. The van der Waals surface area contributed by atoms with E-state index in [0.717, 1.165) is 21.5 Å². The van der Waals surface area contributed by atoms with Crippen LogP contribution < -0.4 is 5.32 Å². The van der Waals surface area contributed by atoms with Crippen molar-refractivity contribution in [1.29, 1.82) is 0 Å². The highest BCUT2D eigenvalue weighted by molar-refractivity contribution is 7.90. The summed E-state index contributed by atoms with van der Waals surface area (Å²) in [5.41, 5.74) is -0.306. The van der Waals surface area contributed by atoms with Gasteiger partial charge in [-0.2, -0.15) is 8.65 Å². The van der Waals surface area contributed by atoms with Gasteiger partial charge in [-0.3, -0.25) is 0 Å². The fourth-order valence-corrected chi connectivity index (χ4v) is 8.21. The molecule has 12 nitrogen and oxygen atoms in total. The molecule has 5 rings (SSSR count). The smallest absolute Gasteiger partial charge is 0.361 e. The Labute approximate surface area is 262 Å². The summed E-state index contributed by atoms with van der Waals surface area (Å²) in [7, 11) is -3.16. The number of nitrogens with zero attached hydrogens (tertiary/aromatic N) is 5. The maximum atomic E-state index is 14.2. The monoisotopic (exact) mass is 646 g/mol. The van der Waals surface area contributed by atoms with E-state index in [-0.39, 0.29) is 67.1 Å². The van der Waals surface area contributed by atoms with Crippen LogP contribution in [-0.4, -0.2) is 57.5 Å². The number of rotatable bonds is 4. The average molecular weight is 647 g/mol. The zero-order valence-corrected chi connectivity index (χ0v) is 28.0. The van der Waals surface area contributed by atoms with Crippen LogP contribution in [0.1, 0.15) is 88.0 Å². The fraction of sp³-hybridized carbons (Fsp3) is 0.567. The van der Waals surface area contributed by atoms with Gasteiger partial charge in [0.05, 0.1) is 18.5 Å². The van der Waals surface area contributed by atoms with Gasteiger partial charge in [0.15, 0.2) is 17.2 Å². The van der Waals surface area contributed by atoms with E-state index in [0.29, 0.717) is 5.92 Å². The number of imidazole rings is 1. The van der Waals surface area contributed by atoms with Crippen molar-refractivity contribution in [2.24, 2.45) is 28.6 Å². The summed E-state index contributed by atoms with van der Waals surface area (Å²) < 4.78 is 41.3. The molecule has 44 heavy (non-hydrogen) atoms. The molecule has 2 aromatic heterocycles. The van der Waals surface area contributed by atoms with Crippen LogP contribution in [-0.2, 0) is 19.5 Å². The standard InChI is InChI=1S/C30H39ClN6O6S/c1-15-12-18(29(3,4)5)24(19(13-15)30(6,7)8)43-27(39)23-25-32-20-11-10-17(31)14-21(20)44(40,41)37(25)28(33-23)36-16(2)22(34-35-36)26(38)42-9/h10-11,14-15,18-19,24,32H,12-13H2,1-9H3. The van der Waals surface area contributed by atoms with Crippen LogP contribution in [0.3, 0.4) is 0 Å². The Morgan fingerprint density at radius 2 is 1.64 bits per heavy atom. The summed E-state index contributed by atoms with van der Waals surface area (Å²) in [6.07, 6.45) is 1.33. The molecule has 3 aromatic rings. The Morgan fingerprint density at radius 1 is 1.02 bits per heavy atom. The Bertz CT molecular complexity index is 1730. The van der Waals surface area contributed by atoms with Crippen LogP contribution >= 0.6 is 11.6 Å². The first-order valence-electron chi connectivity index (χ1n) is 14.5. The summed E-state index contributed by atoms with van der Waals surface area (Å²) in [6.45, 7) is 16.6. The number of aromatic nitrogens is 5. The number of methoxy groups -OCH3 is 1. The number of anilines is 2. The van der Waals surface area contributed by atoms with Gasteiger partial charge in [0.1, 0.15) is 11.0 Å². The molecule has 238 valence electrons. The summed E-state index contributed by atoms with van der Waals surface area (Å²) >= 11 is 6.17. The molecule has 0 spiro atoms. The van der Waals surface area contributed by atoms with Crippen LogP contribution in [0, 0.1) is 35.5 Å². The van der Waals surface area contributed by atoms with E-state index in [2.05, 4.69) is 69.1 Å². The molecule has 0 bridgehead atoms. The lowest BCUT2D eigenvalue weighted by atomic mass is 9.59. The SMILES string of the molecule is COC(=O)c1nnn(-c2nc(C(=O)OC3C(C(C)(C)C)CC(C)CC3C(C)(C)C)c3n2S(=O)(=O)c2cc(Cl)ccc2N3)c1C. The van der Waals surface area contributed by atoms with Gasteiger partial charge < -0.3 is 14.8 Å². The summed E-state index contributed by atoms with van der Waals surface area (Å²) in [4.78, 5) is 30.9. The van der Waals surface area contributed by atoms with Gasteiger partial charge in [-0.15, -0.1) is 5.10 Å². The van der Waals surface area contributed by atoms with E-state index in [1.165, 1.54) is 26.2 Å². The molecule has 0 radical (unpaired) electrons. The number of hydrogen-bond donors (Lipinski definition) is 1. The van der Waals surface area contributed by atoms with Gasteiger partial charge in [0.2, 0.25) is 5.95 Å². The summed E-state index contributed by atoms with van der Waals surface area (Å²) in [5, 5.41) is 11.1. The lowest BCUT2D eigenvalue weighted by Crippen LogP contribution is -2.49. The minimum absolute atomic E-state index is 0.0528. The molecule has 14 heteroatoms.